The molecule has 1 N–H and O–H groups in total. The zero-order chi connectivity index (χ0) is 16.8. The number of nitrogens with one attached hydrogen (secondary N) is 1. The molecule has 1 aromatic carbocycles. The number of nitrogens with zero attached hydrogens (tertiary/aromatic N) is 2. The summed E-state index contributed by atoms with van der Waals surface area (Å²) in [4.78, 5) is 16.5. The van der Waals surface area contributed by atoms with Crippen molar-refractivity contribution in [3.05, 3.63) is 35.6 Å². The van der Waals surface area contributed by atoms with Crippen LogP contribution < -0.4 is 5.32 Å². The molecule has 0 aromatic heterocycles. The molecule has 0 spiro atoms. The van der Waals surface area contributed by atoms with Crippen molar-refractivity contribution in [1.29, 1.82) is 0 Å². The highest BCUT2D eigenvalue weighted by molar-refractivity contribution is 5.78. The van der Waals surface area contributed by atoms with Gasteiger partial charge in [-0.15, -0.1) is 0 Å². The van der Waals surface area contributed by atoms with E-state index in [1.165, 1.54) is 6.07 Å². The molecule has 5 heteroatoms. The van der Waals surface area contributed by atoms with E-state index in [0.29, 0.717) is 18.7 Å². The molecular formula is C18H28FN3O. The van der Waals surface area contributed by atoms with Gasteiger partial charge in [0, 0.05) is 50.7 Å². The van der Waals surface area contributed by atoms with E-state index in [1.807, 2.05) is 37.8 Å². The predicted molar refractivity (Wildman–Crippen MR) is 90.7 cm³/mol. The van der Waals surface area contributed by atoms with Crippen molar-refractivity contribution in [2.45, 2.75) is 26.8 Å². The average molecular weight is 321 g/mol. The Labute approximate surface area is 138 Å². The van der Waals surface area contributed by atoms with Gasteiger partial charge in [0.2, 0.25) is 5.91 Å². The van der Waals surface area contributed by atoms with E-state index < -0.39 is 0 Å². The number of halogens is 1. The number of piperazine rings is 1. The second kappa shape index (κ2) is 8.41. The average Bonchev–Trinajstić information content (AvgIpc) is 2.57. The summed E-state index contributed by atoms with van der Waals surface area (Å²) >= 11 is 0. The molecule has 1 heterocycles. The zero-order valence-electron chi connectivity index (χ0n) is 14.4. The highest BCUT2D eigenvalue weighted by atomic mass is 19.1. The summed E-state index contributed by atoms with van der Waals surface area (Å²) in [7, 11) is 0. The van der Waals surface area contributed by atoms with Gasteiger partial charge in [0.05, 0.1) is 6.04 Å². The lowest BCUT2D eigenvalue weighted by Crippen LogP contribution is -2.49. The Bertz CT molecular complexity index is 515. The zero-order valence-corrected chi connectivity index (χ0v) is 14.4. The molecule has 128 valence electrons. The smallest absolute Gasteiger partial charge is 0.225 e. The van der Waals surface area contributed by atoms with Crippen LogP contribution in [0.4, 0.5) is 4.39 Å². The summed E-state index contributed by atoms with van der Waals surface area (Å²) in [5, 5.41) is 3.33. The normalized spacial score (nSPS) is 17.3. The van der Waals surface area contributed by atoms with Crippen LogP contribution in [-0.4, -0.2) is 55.0 Å². The van der Waals surface area contributed by atoms with Crippen molar-refractivity contribution < 1.29 is 9.18 Å². The van der Waals surface area contributed by atoms with Crippen LogP contribution in [0.1, 0.15) is 32.4 Å². The lowest BCUT2D eigenvalue weighted by Gasteiger charge is -2.38. The minimum atomic E-state index is -0.191. The van der Waals surface area contributed by atoms with E-state index in [-0.39, 0.29) is 23.7 Å². The van der Waals surface area contributed by atoms with Gasteiger partial charge in [-0.05, 0) is 13.0 Å². The molecule has 1 aliphatic heterocycles. The maximum Gasteiger partial charge on any atom is 0.225 e. The van der Waals surface area contributed by atoms with Gasteiger partial charge in [0.1, 0.15) is 5.82 Å². The molecule has 23 heavy (non-hydrogen) atoms. The first-order valence-electron chi connectivity index (χ1n) is 8.52. The van der Waals surface area contributed by atoms with Gasteiger partial charge in [-0.1, -0.05) is 32.0 Å². The Hall–Kier alpha value is -1.46. The van der Waals surface area contributed by atoms with Crippen molar-refractivity contribution in [1.82, 2.24) is 15.1 Å². The fraction of sp³-hybridized carbons (Fsp3) is 0.611. The summed E-state index contributed by atoms with van der Waals surface area (Å²) in [5.74, 6) is -0.104. The van der Waals surface area contributed by atoms with Crippen molar-refractivity contribution >= 4 is 5.91 Å². The molecule has 1 unspecified atom stereocenters. The van der Waals surface area contributed by atoms with Gasteiger partial charge in [0.15, 0.2) is 0 Å². The van der Waals surface area contributed by atoms with Crippen LogP contribution >= 0.6 is 0 Å². The lowest BCUT2D eigenvalue weighted by molar-refractivity contribution is -0.135. The van der Waals surface area contributed by atoms with E-state index in [4.69, 9.17) is 0 Å². The Morgan fingerprint density at radius 1 is 1.30 bits per heavy atom. The maximum absolute atomic E-state index is 14.4. The van der Waals surface area contributed by atoms with Gasteiger partial charge in [-0.2, -0.15) is 0 Å². The second-order valence-electron chi connectivity index (χ2n) is 6.35. The van der Waals surface area contributed by atoms with Crippen molar-refractivity contribution in [2.75, 3.05) is 39.3 Å². The summed E-state index contributed by atoms with van der Waals surface area (Å²) in [5.41, 5.74) is 0.685. The second-order valence-corrected chi connectivity index (χ2v) is 6.35. The summed E-state index contributed by atoms with van der Waals surface area (Å²) in [6, 6.07) is 6.83. The van der Waals surface area contributed by atoms with Gasteiger partial charge in [-0.25, -0.2) is 4.39 Å². The van der Waals surface area contributed by atoms with Gasteiger partial charge in [0.25, 0.3) is 0 Å². The number of amides is 1. The fourth-order valence-electron chi connectivity index (χ4n) is 3.10. The maximum atomic E-state index is 14.4. The first kappa shape index (κ1) is 17.9. The molecule has 1 fully saturated rings. The summed E-state index contributed by atoms with van der Waals surface area (Å²) in [6.45, 7) is 10.5. The number of rotatable bonds is 6. The predicted octanol–water partition coefficient (Wildman–Crippen LogP) is 2.28. The third-order valence-electron chi connectivity index (χ3n) is 4.44. The molecular weight excluding hydrogens is 293 g/mol. The molecule has 1 atom stereocenters. The van der Waals surface area contributed by atoms with E-state index in [1.54, 1.807) is 6.07 Å². The third kappa shape index (κ3) is 4.52. The molecule has 0 saturated carbocycles. The number of likely N-dealkylation sites (N-methyl/N-ethyl adjacent to an activating group) is 1. The molecule has 0 bridgehead atoms. The van der Waals surface area contributed by atoms with Crippen LogP contribution in [0.25, 0.3) is 0 Å². The Morgan fingerprint density at radius 3 is 2.52 bits per heavy atom. The largest absolute Gasteiger partial charge is 0.341 e. The van der Waals surface area contributed by atoms with Gasteiger partial charge in [-0.3, -0.25) is 9.69 Å². The van der Waals surface area contributed by atoms with E-state index in [0.717, 1.165) is 26.2 Å². The van der Waals surface area contributed by atoms with E-state index in [9.17, 15) is 9.18 Å². The van der Waals surface area contributed by atoms with Crippen LogP contribution in [0.3, 0.4) is 0 Å². The van der Waals surface area contributed by atoms with Gasteiger partial charge < -0.3 is 10.2 Å². The highest BCUT2D eigenvalue weighted by Crippen LogP contribution is 2.25. The Balaban J connectivity index is 2.26. The van der Waals surface area contributed by atoms with Crippen molar-refractivity contribution in [3.63, 3.8) is 0 Å². The standard InChI is InChI=1S/C18H28FN3O/c1-4-21(18(23)14(2)3)13-17(22-11-9-20-10-12-22)15-7-5-6-8-16(15)19/h5-8,14,17,20H,4,9-13H2,1-3H3. The van der Waals surface area contributed by atoms with Crippen LogP contribution in [0.2, 0.25) is 0 Å². The van der Waals surface area contributed by atoms with Crippen molar-refractivity contribution in [3.8, 4) is 0 Å². The molecule has 4 nitrogen and oxygen atoms in total. The summed E-state index contributed by atoms with van der Waals surface area (Å²) < 4.78 is 14.4. The van der Waals surface area contributed by atoms with Crippen molar-refractivity contribution in [2.24, 2.45) is 5.92 Å². The number of benzene rings is 1. The molecule has 1 aliphatic rings. The molecule has 1 aromatic rings. The highest BCUT2D eigenvalue weighted by Gasteiger charge is 2.28. The first-order valence-corrected chi connectivity index (χ1v) is 8.52. The monoisotopic (exact) mass is 321 g/mol. The van der Waals surface area contributed by atoms with E-state index in [2.05, 4.69) is 10.2 Å². The third-order valence-corrected chi connectivity index (χ3v) is 4.44. The lowest BCUT2D eigenvalue weighted by atomic mass is 10.0. The van der Waals surface area contributed by atoms with Crippen LogP contribution in [0.15, 0.2) is 24.3 Å². The number of carbonyl (C=O) groups excluding carboxylic acids is 1. The number of carbonyl (C=O) groups is 1. The fourth-order valence-corrected chi connectivity index (χ4v) is 3.10. The van der Waals surface area contributed by atoms with Crippen LogP contribution in [0, 0.1) is 11.7 Å². The molecule has 2 rings (SSSR count). The molecule has 0 aliphatic carbocycles. The number of hydrogen-bond donors (Lipinski definition) is 1. The van der Waals surface area contributed by atoms with Crippen LogP contribution in [-0.2, 0) is 4.79 Å². The Kier molecular flexibility index (Phi) is 6.54. The first-order chi connectivity index (χ1) is 11.0. The van der Waals surface area contributed by atoms with Gasteiger partial charge >= 0.3 is 0 Å². The molecule has 1 saturated heterocycles. The quantitative estimate of drug-likeness (QED) is 0.873. The summed E-state index contributed by atoms with van der Waals surface area (Å²) in [6.07, 6.45) is 0. The minimum Gasteiger partial charge on any atom is -0.341 e. The van der Waals surface area contributed by atoms with Crippen LogP contribution in [0.5, 0.6) is 0 Å². The van der Waals surface area contributed by atoms with E-state index >= 15 is 0 Å². The number of hydrogen-bond acceptors (Lipinski definition) is 3. The molecule has 1 amide bonds. The molecule has 0 radical (unpaired) electrons. The SMILES string of the molecule is CCN(CC(c1ccccc1F)N1CCNCC1)C(=O)C(C)C. The topological polar surface area (TPSA) is 35.6 Å². The Morgan fingerprint density at radius 2 is 1.96 bits per heavy atom. The minimum absolute atomic E-state index is 0.0424.